The minimum atomic E-state index is -0.452. The highest BCUT2D eigenvalue weighted by atomic mass is 16.5. The Morgan fingerprint density at radius 1 is 0.933 bits per heavy atom. The number of nitrogens with zero attached hydrogens (tertiary/aromatic N) is 3. The van der Waals surface area contributed by atoms with E-state index in [9.17, 15) is 14.4 Å². The van der Waals surface area contributed by atoms with Gasteiger partial charge in [0.15, 0.2) is 0 Å². The van der Waals surface area contributed by atoms with Crippen LogP contribution >= 0.6 is 0 Å². The van der Waals surface area contributed by atoms with E-state index < -0.39 is 11.7 Å². The van der Waals surface area contributed by atoms with Crippen molar-refractivity contribution in [1.82, 2.24) is 13.7 Å². The summed E-state index contributed by atoms with van der Waals surface area (Å²) in [6.45, 7) is 2.00. The van der Waals surface area contributed by atoms with Crippen molar-refractivity contribution in [2.45, 2.75) is 6.92 Å². The first kappa shape index (κ1) is 19.4. The normalized spacial score (nSPS) is 11.0. The Balaban J connectivity index is 2.17. The largest absolute Gasteiger partial charge is 0.462 e. The van der Waals surface area contributed by atoms with E-state index >= 15 is 0 Å². The highest BCUT2D eigenvalue weighted by Crippen LogP contribution is 2.32. The molecule has 152 valence electrons. The molecule has 0 aliphatic carbocycles. The van der Waals surface area contributed by atoms with Crippen molar-refractivity contribution in [3.63, 3.8) is 0 Å². The first-order chi connectivity index (χ1) is 14.5. The monoisotopic (exact) mass is 403 g/mol. The van der Waals surface area contributed by atoms with E-state index in [0.29, 0.717) is 27.8 Å². The van der Waals surface area contributed by atoms with E-state index in [2.05, 4.69) is 0 Å². The first-order valence-electron chi connectivity index (χ1n) is 9.58. The topological polar surface area (TPSA) is 75.2 Å². The van der Waals surface area contributed by atoms with Crippen molar-refractivity contribution in [3.8, 4) is 16.9 Å². The number of ether oxygens (including phenoxy) is 1. The van der Waals surface area contributed by atoms with Gasteiger partial charge >= 0.3 is 11.7 Å². The summed E-state index contributed by atoms with van der Waals surface area (Å²) in [5.41, 5.74) is 2.03. The van der Waals surface area contributed by atoms with Crippen molar-refractivity contribution in [2.24, 2.45) is 14.1 Å². The van der Waals surface area contributed by atoms with Crippen LogP contribution in [0.1, 0.15) is 17.3 Å². The lowest BCUT2D eigenvalue weighted by molar-refractivity contribution is 0.0526. The number of para-hydroxylation sites is 1. The summed E-state index contributed by atoms with van der Waals surface area (Å²) in [6.07, 6.45) is 1.72. The number of fused-ring (bicyclic) bond motifs is 1. The number of esters is 1. The van der Waals surface area contributed by atoms with Crippen molar-refractivity contribution < 1.29 is 9.53 Å². The number of rotatable bonds is 4. The average Bonchev–Trinajstić information content (AvgIpc) is 3.17. The molecule has 0 N–H and O–H groups in total. The van der Waals surface area contributed by atoms with Gasteiger partial charge in [-0.3, -0.25) is 13.9 Å². The molecule has 0 aliphatic heterocycles. The lowest BCUT2D eigenvalue weighted by Crippen LogP contribution is -2.36. The molecule has 2 aromatic carbocycles. The van der Waals surface area contributed by atoms with E-state index in [0.717, 1.165) is 10.1 Å². The molecule has 7 heteroatoms. The van der Waals surface area contributed by atoms with Gasteiger partial charge in [-0.2, -0.15) is 0 Å². The number of aryl methyl sites for hydroxylation is 1. The third-order valence-electron chi connectivity index (χ3n) is 5.15. The molecule has 0 amide bonds. The average molecular weight is 403 g/mol. The van der Waals surface area contributed by atoms with E-state index in [4.69, 9.17) is 4.74 Å². The maximum atomic E-state index is 13.1. The highest BCUT2D eigenvalue weighted by Gasteiger charge is 2.22. The van der Waals surface area contributed by atoms with Gasteiger partial charge in [-0.1, -0.05) is 42.5 Å². The quantitative estimate of drug-likeness (QED) is 0.491. The van der Waals surface area contributed by atoms with Crippen LogP contribution in [0.5, 0.6) is 0 Å². The molecule has 0 atom stereocenters. The summed E-state index contributed by atoms with van der Waals surface area (Å²) in [5, 5.41) is 0.407. The number of hydrogen-bond acceptors (Lipinski definition) is 4. The molecule has 0 aliphatic rings. The lowest BCUT2D eigenvalue weighted by Gasteiger charge is -2.13. The van der Waals surface area contributed by atoms with E-state index in [1.807, 2.05) is 36.4 Å². The smallest absolute Gasteiger partial charge is 0.340 e. The summed E-state index contributed by atoms with van der Waals surface area (Å²) in [5.74, 6) is -0.452. The summed E-state index contributed by atoms with van der Waals surface area (Å²) < 4.78 is 9.54. The van der Waals surface area contributed by atoms with Gasteiger partial charge in [-0.25, -0.2) is 9.59 Å². The van der Waals surface area contributed by atoms with Gasteiger partial charge in [0, 0.05) is 20.3 Å². The summed E-state index contributed by atoms with van der Waals surface area (Å²) >= 11 is 0. The maximum absolute atomic E-state index is 13.1. The van der Waals surface area contributed by atoms with Gasteiger partial charge < -0.3 is 9.30 Å². The molecular formula is C23H21N3O4. The lowest BCUT2D eigenvalue weighted by atomic mass is 10.1. The summed E-state index contributed by atoms with van der Waals surface area (Å²) in [4.78, 5) is 38.2. The Hall–Kier alpha value is -3.87. The minimum absolute atomic E-state index is 0.251. The van der Waals surface area contributed by atoms with Gasteiger partial charge in [-0.05, 0) is 24.6 Å². The van der Waals surface area contributed by atoms with Crippen LogP contribution in [0.25, 0.3) is 27.8 Å². The Labute approximate surface area is 172 Å². The Morgan fingerprint density at radius 2 is 1.60 bits per heavy atom. The van der Waals surface area contributed by atoms with Gasteiger partial charge in [-0.15, -0.1) is 0 Å². The molecule has 0 bridgehead atoms. The fourth-order valence-corrected chi connectivity index (χ4v) is 3.68. The van der Waals surface area contributed by atoms with Gasteiger partial charge in [0.2, 0.25) is 0 Å². The maximum Gasteiger partial charge on any atom is 0.340 e. The predicted octanol–water partition coefficient (Wildman–Crippen LogP) is 2.87. The fourth-order valence-electron chi connectivity index (χ4n) is 3.68. The number of hydrogen-bond donors (Lipinski definition) is 0. The third kappa shape index (κ3) is 2.95. The van der Waals surface area contributed by atoms with Crippen molar-refractivity contribution >= 4 is 16.9 Å². The van der Waals surface area contributed by atoms with Crippen LogP contribution < -0.4 is 11.2 Å². The third-order valence-corrected chi connectivity index (χ3v) is 5.15. The van der Waals surface area contributed by atoms with Crippen LogP contribution in [0.15, 0.2) is 70.4 Å². The summed E-state index contributed by atoms with van der Waals surface area (Å²) in [6, 6.07) is 16.5. The van der Waals surface area contributed by atoms with E-state index in [1.165, 1.54) is 11.6 Å². The van der Waals surface area contributed by atoms with Gasteiger partial charge in [0.25, 0.3) is 5.56 Å². The fraction of sp³-hybridized carbons (Fsp3) is 0.174. The second-order valence-electron chi connectivity index (χ2n) is 6.92. The van der Waals surface area contributed by atoms with Crippen LogP contribution in [-0.4, -0.2) is 26.3 Å². The number of carbonyl (C=O) groups is 1. The predicted molar refractivity (Wildman–Crippen MR) is 115 cm³/mol. The Kier molecular flexibility index (Phi) is 4.87. The molecule has 4 rings (SSSR count). The molecule has 0 radical (unpaired) electrons. The van der Waals surface area contributed by atoms with Crippen LogP contribution in [0.2, 0.25) is 0 Å². The standard InChI is InChI=1S/C23H21N3O4/c1-4-30-22(28)16-12-8-9-13-17(16)26-14-18-19(20(26)15-10-6-5-7-11-15)21(27)25(3)23(29)24(18)2/h5-14H,4H2,1-3H3. The van der Waals surface area contributed by atoms with Gasteiger partial charge in [0.05, 0.1) is 34.5 Å². The van der Waals surface area contributed by atoms with Crippen LogP contribution in [-0.2, 0) is 18.8 Å². The van der Waals surface area contributed by atoms with Gasteiger partial charge in [0.1, 0.15) is 0 Å². The van der Waals surface area contributed by atoms with Crippen molar-refractivity contribution in [3.05, 3.63) is 87.2 Å². The number of aromatic nitrogens is 3. The van der Waals surface area contributed by atoms with Crippen LogP contribution in [0.3, 0.4) is 0 Å². The molecule has 0 fully saturated rings. The van der Waals surface area contributed by atoms with E-state index in [-0.39, 0.29) is 12.2 Å². The molecule has 4 aromatic rings. The second-order valence-corrected chi connectivity index (χ2v) is 6.92. The summed E-state index contributed by atoms with van der Waals surface area (Å²) in [7, 11) is 3.09. The molecular weight excluding hydrogens is 382 g/mol. The van der Waals surface area contributed by atoms with E-state index in [1.54, 1.807) is 42.9 Å². The van der Waals surface area contributed by atoms with Crippen molar-refractivity contribution in [2.75, 3.05) is 6.61 Å². The Bertz CT molecular complexity index is 1380. The molecule has 0 unspecified atom stereocenters. The minimum Gasteiger partial charge on any atom is -0.462 e. The van der Waals surface area contributed by atoms with Crippen molar-refractivity contribution in [1.29, 1.82) is 0 Å². The van der Waals surface area contributed by atoms with Crippen LogP contribution in [0, 0.1) is 0 Å². The molecule has 7 nitrogen and oxygen atoms in total. The molecule has 0 saturated carbocycles. The molecule has 0 spiro atoms. The second kappa shape index (κ2) is 7.51. The zero-order valence-electron chi connectivity index (χ0n) is 17.0. The highest BCUT2D eigenvalue weighted by molar-refractivity contribution is 5.98. The first-order valence-corrected chi connectivity index (χ1v) is 9.58. The van der Waals surface area contributed by atoms with Crippen LogP contribution in [0.4, 0.5) is 0 Å². The Morgan fingerprint density at radius 3 is 2.30 bits per heavy atom. The molecule has 2 heterocycles. The molecule has 0 saturated heterocycles. The zero-order valence-corrected chi connectivity index (χ0v) is 17.0. The molecule has 30 heavy (non-hydrogen) atoms. The number of carbonyl (C=O) groups excluding carboxylic acids is 1. The number of benzene rings is 2. The molecule has 2 aromatic heterocycles. The SMILES string of the molecule is CCOC(=O)c1ccccc1-n1cc2c(c1-c1ccccc1)c(=O)n(C)c(=O)n2C. The zero-order chi connectivity index (χ0) is 21.4.